The Labute approximate surface area is 114 Å². The number of aromatic nitrogens is 4. The lowest BCUT2D eigenvalue weighted by Crippen LogP contribution is -2.09. The fourth-order valence-corrected chi connectivity index (χ4v) is 2.10. The van der Waals surface area contributed by atoms with E-state index in [1.165, 1.54) is 22.8 Å². The standard InChI is InChI=1S/C10H4N5O4S/c11-3-5-4-12-15-7-2-8(16)9(20-19-18-17)1-6(7)13-14-10(5)15/h1-2,4,17H/q-1. The molecule has 0 saturated heterocycles. The molecular weight excluding hydrogens is 286 g/mol. The van der Waals surface area contributed by atoms with Crippen molar-refractivity contribution < 1.29 is 14.6 Å². The summed E-state index contributed by atoms with van der Waals surface area (Å²) < 4.78 is 5.58. The van der Waals surface area contributed by atoms with E-state index in [9.17, 15) is 4.79 Å². The smallest absolute Gasteiger partial charge is 0.196 e. The third-order valence-corrected chi connectivity index (χ3v) is 3.17. The summed E-state index contributed by atoms with van der Waals surface area (Å²) in [5, 5.41) is 32.5. The highest BCUT2D eigenvalue weighted by Crippen LogP contribution is 2.18. The lowest BCUT2D eigenvalue weighted by Gasteiger charge is -2.01. The van der Waals surface area contributed by atoms with E-state index in [4.69, 9.17) is 10.7 Å². The number of nitrogens with zero attached hydrogens (tertiary/aromatic N) is 5. The van der Waals surface area contributed by atoms with E-state index >= 15 is 0 Å². The summed E-state index contributed by atoms with van der Waals surface area (Å²) in [4.78, 5) is 12.0. The number of rotatable bonds is 3. The summed E-state index contributed by atoms with van der Waals surface area (Å²) in [6.45, 7) is 0. The van der Waals surface area contributed by atoms with Crippen LogP contribution in [0.1, 0.15) is 0 Å². The Morgan fingerprint density at radius 3 is 3.00 bits per heavy atom. The van der Waals surface area contributed by atoms with E-state index in [0.717, 1.165) is 0 Å². The van der Waals surface area contributed by atoms with Gasteiger partial charge >= 0.3 is 0 Å². The highest BCUT2D eigenvalue weighted by atomic mass is 32.2. The van der Waals surface area contributed by atoms with Gasteiger partial charge in [-0.1, -0.05) is 5.04 Å². The van der Waals surface area contributed by atoms with Crippen LogP contribution in [-0.2, 0) is 9.37 Å². The molecule has 0 atom stereocenters. The van der Waals surface area contributed by atoms with Gasteiger partial charge in [-0.05, 0) is 6.07 Å². The predicted molar refractivity (Wildman–Crippen MR) is 67.9 cm³/mol. The zero-order valence-electron chi connectivity index (χ0n) is 9.55. The fraction of sp³-hybridized carbons (Fsp3) is 0. The summed E-state index contributed by atoms with van der Waals surface area (Å²) in [6, 6.07) is 2.70. The van der Waals surface area contributed by atoms with Crippen molar-refractivity contribution in [1.29, 1.82) is 0 Å². The van der Waals surface area contributed by atoms with Crippen LogP contribution >= 0.6 is 12.0 Å². The summed E-state index contributed by atoms with van der Waals surface area (Å²) in [5.41, 5.74) is 0.696. The zero-order chi connectivity index (χ0) is 14.1. The van der Waals surface area contributed by atoms with E-state index < -0.39 is 0 Å². The Morgan fingerprint density at radius 1 is 1.40 bits per heavy atom. The van der Waals surface area contributed by atoms with Crippen molar-refractivity contribution in [2.24, 2.45) is 0 Å². The van der Waals surface area contributed by atoms with Crippen LogP contribution in [0.3, 0.4) is 0 Å². The molecule has 20 heavy (non-hydrogen) atoms. The molecule has 3 aromatic rings. The van der Waals surface area contributed by atoms with Crippen molar-refractivity contribution in [3.63, 3.8) is 0 Å². The van der Waals surface area contributed by atoms with Gasteiger partial charge in [0.05, 0.1) is 33.9 Å². The topological polar surface area (TPSA) is 121 Å². The maximum Gasteiger partial charge on any atom is 0.196 e. The third-order valence-electron chi connectivity index (χ3n) is 2.54. The second kappa shape index (κ2) is 4.96. The van der Waals surface area contributed by atoms with Gasteiger partial charge in [0.25, 0.3) is 0 Å². The average molecular weight is 290 g/mol. The van der Waals surface area contributed by atoms with Gasteiger partial charge in [0.1, 0.15) is 5.52 Å². The molecule has 3 rings (SSSR count). The van der Waals surface area contributed by atoms with E-state index in [2.05, 4.69) is 24.7 Å². The molecule has 0 spiro atoms. The lowest BCUT2D eigenvalue weighted by atomic mass is 10.3. The van der Waals surface area contributed by atoms with Gasteiger partial charge < -0.3 is 5.41 Å². The number of fused-ring (bicyclic) bond motifs is 3. The Morgan fingerprint density at radius 2 is 2.25 bits per heavy atom. The summed E-state index contributed by atoms with van der Waals surface area (Å²) >= 11 is 0.542. The second-order valence-corrected chi connectivity index (χ2v) is 4.36. The lowest BCUT2D eigenvalue weighted by molar-refractivity contribution is -0.432. The van der Waals surface area contributed by atoms with Crippen LogP contribution in [0.2, 0.25) is 0 Å². The minimum Gasteiger partial charge on any atom is -0.763 e. The average Bonchev–Trinajstić information content (AvgIpc) is 2.88. The molecule has 2 heterocycles. The molecule has 0 saturated carbocycles. The minimum absolute atomic E-state index is 0.160. The molecule has 0 fully saturated rings. The van der Waals surface area contributed by atoms with Crippen LogP contribution in [0.15, 0.2) is 28.0 Å². The summed E-state index contributed by atoms with van der Waals surface area (Å²) in [5.74, 6) is 1.94. The molecule has 0 aliphatic carbocycles. The molecule has 0 bridgehead atoms. The summed E-state index contributed by atoms with van der Waals surface area (Å²) in [6.07, 6.45) is 1.35. The molecule has 0 radical (unpaired) electrons. The van der Waals surface area contributed by atoms with Crippen LogP contribution in [-0.4, -0.2) is 30.9 Å². The van der Waals surface area contributed by atoms with Crippen molar-refractivity contribution in [3.8, 4) is 0 Å². The highest BCUT2D eigenvalue weighted by Gasteiger charge is 2.10. The van der Waals surface area contributed by atoms with E-state index in [0.29, 0.717) is 23.1 Å². The monoisotopic (exact) mass is 290 g/mol. The van der Waals surface area contributed by atoms with Crippen molar-refractivity contribution >= 4 is 34.6 Å². The van der Waals surface area contributed by atoms with Crippen LogP contribution in [0, 0.1) is 0 Å². The largest absolute Gasteiger partial charge is 0.763 e. The third kappa shape index (κ3) is 1.93. The van der Waals surface area contributed by atoms with Gasteiger partial charge in [0.15, 0.2) is 11.1 Å². The molecule has 9 nitrogen and oxygen atoms in total. The van der Waals surface area contributed by atoms with Gasteiger partial charge in [-0.2, -0.15) is 5.10 Å². The van der Waals surface area contributed by atoms with E-state index in [1.54, 1.807) is 0 Å². The molecule has 10 heteroatoms. The normalized spacial score (nSPS) is 11.1. The summed E-state index contributed by atoms with van der Waals surface area (Å²) in [7, 11) is 0. The van der Waals surface area contributed by atoms with E-state index in [1.807, 2.05) is 5.87 Å². The molecule has 0 aliphatic heterocycles. The first kappa shape index (κ1) is 12.7. The highest BCUT2D eigenvalue weighted by molar-refractivity contribution is 7.94. The van der Waals surface area contributed by atoms with Gasteiger partial charge in [0.2, 0.25) is 0 Å². The molecular formula is C10H4N5O4S-. The first-order valence-corrected chi connectivity index (χ1v) is 5.89. The van der Waals surface area contributed by atoms with Crippen LogP contribution in [0.25, 0.3) is 22.1 Å². The van der Waals surface area contributed by atoms with Crippen molar-refractivity contribution in [3.05, 3.63) is 39.2 Å². The van der Waals surface area contributed by atoms with Crippen molar-refractivity contribution in [2.75, 3.05) is 0 Å². The van der Waals surface area contributed by atoms with E-state index in [-0.39, 0.29) is 21.2 Å². The Bertz CT molecular complexity index is 936. The molecule has 0 amide bonds. The molecule has 2 aromatic heterocycles. The molecule has 1 aromatic carbocycles. The second-order valence-electron chi connectivity index (χ2n) is 3.62. The van der Waals surface area contributed by atoms with Crippen LogP contribution in [0.4, 0.5) is 0 Å². The van der Waals surface area contributed by atoms with Crippen LogP contribution < -0.4 is 10.6 Å². The number of hydrogen-bond acceptors (Lipinski definition) is 8. The first-order valence-electron chi connectivity index (χ1n) is 5.14. The maximum atomic E-state index is 11.9. The number of benzene rings is 1. The van der Waals surface area contributed by atoms with Gasteiger partial charge in [0, 0.05) is 6.07 Å². The first-order chi connectivity index (χ1) is 9.74. The predicted octanol–water partition coefficient (Wildman–Crippen LogP) is -0.304. The van der Waals surface area contributed by atoms with Crippen molar-refractivity contribution in [1.82, 2.24) is 19.8 Å². The Balaban J connectivity index is 2.31. The maximum absolute atomic E-state index is 11.9. The zero-order valence-corrected chi connectivity index (χ0v) is 10.4. The Kier molecular flexibility index (Phi) is 3.14. The molecule has 100 valence electrons. The fourth-order valence-electron chi connectivity index (χ4n) is 1.70. The van der Waals surface area contributed by atoms with Gasteiger partial charge in [-0.3, -0.25) is 10.7 Å². The number of hydrogen-bond donors (Lipinski definition) is 1. The van der Waals surface area contributed by atoms with Gasteiger partial charge in [-0.15, -0.1) is 14.5 Å². The molecule has 1 N–H and O–H groups in total. The van der Waals surface area contributed by atoms with Crippen LogP contribution in [0.5, 0.6) is 0 Å². The minimum atomic E-state index is -0.372. The Hall–Kier alpha value is -2.36. The molecule has 0 unspecified atom stereocenters. The SMILES string of the molecule is [N-]=C=c1cnn2c1nnc1cc(SOOO)c(=O)cc12. The van der Waals surface area contributed by atoms with Gasteiger partial charge in [-0.25, -0.2) is 9.77 Å². The van der Waals surface area contributed by atoms with Crippen molar-refractivity contribution in [2.45, 2.75) is 4.90 Å². The molecule has 0 aliphatic rings. The quantitative estimate of drug-likeness (QED) is 0.302.